The maximum Gasteiger partial charge on any atom is 0.255 e. The number of likely N-dealkylation sites (tertiary alicyclic amines) is 1. The number of rotatable bonds is 5. The van der Waals surface area contributed by atoms with E-state index in [0.29, 0.717) is 17.3 Å². The first-order chi connectivity index (χ1) is 16.1. The van der Waals surface area contributed by atoms with Gasteiger partial charge in [-0.25, -0.2) is 4.68 Å². The molecule has 0 bridgehead atoms. The molecule has 2 aliphatic rings. The Morgan fingerprint density at radius 2 is 1.82 bits per heavy atom. The highest BCUT2D eigenvalue weighted by atomic mass is 16.3. The number of carbonyl (C=O) groups excluding carboxylic acids is 1. The van der Waals surface area contributed by atoms with Crippen LogP contribution in [-0.4, -0.2) is 57.0 Å². The second-order valence-electron chi connectivity index (χ2n) is 9.39. The number of nitrogens with zero attached hydrogens (tertiary/aromatic N) is 3. The largest absolute Gasteiger partial charge is 0.391 e. The average molecular weight is 445 g/mol. The monoisotopic (exact) mass is 444 g/mol. The third-order valence-electron chi connectivity index (χ3n) is 7.05. The Bertz CT molecular complexity index is 1100. The standard InChI is InChI=1S/C27H32N4O2/c1-19-7-5-8-20(17-19)26-23(18-31(29-26)22-9-3-2-4-10-22)27(33)28-21-13-15-30(16-14-21)24-11-6-12-25(24)32/h2-5,7-10,17-18,21,24-25,32H,6,11-16H2,1H3,(H,28,33)/t24-,25+/m0/s1. The van der Waals surface area contributed by atoms with Crippen molar-refractivity contribution in [2.24, 2.45) is 0 Å². The van der Waals surface area contributed by atoms with Crippen molar-refractivity contribution in [3.05, 3.63) is 71.9 Å². The maximum absolute atomic E-state index is 13.4. The summed E-state index contributed by atoms with van der Waals surface area (Å²) in [5.41, 5.74) is 4.30. The van der Waals surface area contributed by atoms with Gasteiger partial charge in [0.2, 0.25) is 0 Å². The minimum atomic E-state index is -0.197. The van der Waals surface area contributed by atoms with E-state index < -0.39 is 0 Å². The molecule has 6 heteroatoms. The smallest absolute Gasteiger partial charge is 0.255 e. The molecule has 2 N–H and O–H groups in total. The van der Waals surface area contributed by atoms with Gasteiger partial charge in [0, 0.05) is 36.9 Å². The van der Waals surface area contributed by atoms with Crippen LogP contribution in [0.5, 0.6) is 0 Å². The Balaban J connectivity index is 1.34. The molecule has 6 nitrogen and oxygen atoms in total. The van der Waals surface area contributed by atoms with Crippen LogP contribution in [0.2, 0.25) is 0 Å². The predicted molar refractivity (Wildman–Crippen MR) is 129 cm³/mol. The van der Waals surface area contributed by atoms with Crippen molar-refractivity contribution in [1.82, 2.24) is 20.0 Å². The van der Waals surface area contributed by atoms with Crippen molar-refractivity contribution in [1.29, 1.82) is 0 Å². The van der Waals surface area contributed by atoms with Gasteiger partial charge in [-0.3, -0.25) is 9.69 Å². The van der Waals surface area contributed by atoms with Gasteiger partial charge in [0.15, 0.2) is 0 Å². The summed E-state index contributed by atoms with van der Waals surface area (Å²) in [6.45, 7) is 3.88. The van der Waals surface area contributed by atoms with Crippen LogP contribution in [0.25, 0.3) is 16.9 Å². The predicted octanol–water partition coefficient (Wildman–Crippen LogP) is 3.96. The van der Waals surface area contributed by atoms with Crippen LogP contribution in [0.1, 0.15) is 48.0 Å². The zero-order valence-corrected chi connectivity index (χ0v) is 19.2. The molecule has 0 radical (unpaired) electrons. The first-order valence-corrected chi connectivity index (χ1v) is 12.0. The van der Waals surface area contributed by atoms with Crippen molar-refractivity contribution in [2.75, 3.05) is 13.1 Å². The minimum Gasteiger partial charge on any atom is -0.391 e. The third kappa shape index (κ3) is 4.72. The first kappa shape index (κ1) is 21.9. The fraction of sp³-hybridized carbons (Fsp3) is 0.407. The third-order valence-corrected chi connectivity index (χ3v) is 7.05. The number of carbonyl (C=O) groups is 1. The summed E-state index contributed by atoms with van der Waals surface area (Å²) in [5, 5.41) is 18.3. The first-order valence-electron chi connectivity index (χ1n) is 12.0. The van der Waals surface area contributed by atoms with Gasteiger partial charge in [0.1, 0.15) is 5.69 Å². The van der Waals surface area contributed by atoms with Crippen LogP contribution in [0.15, 0.2) is 60.8 Å². The molecule has 0 unspecified atom stereocenters. The van der Waals surface area contributed by atoms with E-state index in [1.807, 2.05) is 61.7 Å². The number of para-hydroxylation sites is 1. The Morgan fingerprint density at radius 1 is 1.03 bits per heavy atom. The molecule has 1 amide bonds. The van der Waals surface area contributed by atoms with Crippen molar-refractivity contribution >= 4 is 5.91 Å². The number of aryl methyl sites for hydroxylation is 1. The van der Waals surface area contributed by atoms with Gasteiger partial charge in [-0.2, -0.15) is 5.10 Å². The summed E-state index contributed by atoms with van der Waals surface area (Å²) in [6.07, 6.45) is 6.55. The summed E-state index contributed by atoms with van der Waals surface area (Å²) in [4.78, 5) is 15.8. The van der Waals surface area contributed by atoms with Crippen LogP contribution in [0.3, 0.4) is 0 Å². The van der Waals surface area contributed by atoms with E-state index in [1.54, 1.807) is 4.68 Å². The zero-order chi connectivity index (χ0) is 22.8. The molecular weight excluding hydrogens is 412 g/mol. The molecule has 2 aromatic carbocycles. The van der Waals surface area contributed by atoms with E-state index in [-0.39, 0.29) is 18.1 Å². The maximum atomic E-state index is 13.4. The second-order valence-corrected chi connectivity index (χ2v) is 9.39. The zero-order valence-electron chi connectivity index (χ0n) is 19.2. The van der Waals surface area contributed by atoms with E-state index in [9.17, 15) is 9.90 Å². The normalized spacial score (nSPS) is 21.9. The molecule has 1 aromatic heterocycles. The number of nitrogens with one attached hydrogen (secondary N) is 1. The SMILES string of the molecule is Cc1cccc(-c2nn(-c3ccccc3)cc2C(=O)NC2CCN([C@H]3CCC[C@H]3O)CC2)c1. The highest BCUT2D eigenvalue weighted by Crippen LogP contribution is 2.28. The Hall–Kier alpha value is -2.96. The number of benzene rings is 2. The van der Waals surface area contributed by atoms with Crippen molar-refractivity contribution in [3.63, 3.8) is 0 Å². The summed E-state index contributed by atoms with van der Waals surface area (Å²) in [5.74, 6) is -0.0759. The van der Waals surface area contributed by atoms with E-state index >= 15 is 0 Å². The van der Waals surface area contributed by atoms with Crippen LogP contribution in [0.4, 0.5) is 0 Å². The number of aliphatic hydroxyl groups is 1. The molecule has 33 heavy (non-hydrogen) atoms. The Kier molecular flexibility index (Phi) is 6.29. The van der Waals surface area contributed by atoms with E-state index in [0.717, 1.165) is 62.0 Å². The average Bonchev–Trinajstić information content (AvgIpc) is 3.47. The number of hydrogen-bond acceptors (Lipinski definition) is 4. The van der Waals surface area contributed by atoms with Crippen molar-refractivity contribution in [2.45, 2.75) is 57.2 Å². The van der Waals surface area contributed by atoms with Gasteiger partial charge in [0.05, 0.1) is 17.4 Å². The van der Waals surface area contributed by atoms with E-state index in [1.165, 1.54) is 0 Å². The number of hydrogen-bond donors (Lipinski definition) is 2. The molecule has 1 saturated carbocycles. The van der Waals surface area contributed by atoms with Gasteiger partial charge >= 0.3 is 0 Å². The summed E-state index contributed by atoms with van der Waals surface area (Å²) in [7, 11) is 0. The molecule has 1 aliphatic carbocycles. The van der Waals surface area contributed by atoms with Gasteiger partial charge < -0.3 is 10.4 Å². The lowest BCUT2D eigenvalue weighted by atomic mass is 10.0. The van der Waals surface area contributed by atoms with Crippen LogP contribution >= 0.6 is 0 Å². The fourth-order valence-corrected chi connectivity index (χ4v) is 5.24. The number of aliphatic hydroxyl groups excluding tert-OH is 1. The van der Waals surface area contributed by atoms with Gasteiger partial charge in [-0.05, 0) is 57.2 Å². The summed E-state index contributed by atoms with van der Waals surface area (Å²) in [6, 6.07) is 18.4. The molecule has 5 rings (SSSR count). The lowest BCUT2D eigenvalue weighted by molar-refractivity contribution is 0.0514. The summed E-state index contributed by atoms with van der Waals surface area (Å²) >= 11 is 0. The lowest BCUT2D eigenvalue weighted by Crippen LogP contribution is -2.49. The minimum absolute atomic E-state index is 0.0759. The molecule has 2 heterocycles. The quantitative estimate of drug-likeness (QED) is 0.625. The van der Waals surface area contributed by atoms with E-state index in [4.69, 9.17) is 5.10 Å². The molecule has 2 atom stereocenters. The van der Waals surface area contributed by atoms with E-state index in [2.05, 4.69) is 16.3 Å². The Labute approximate surface area is 195 Å². The molecular formula is C27H32N4O2. The lowest BCUT2D eigenvalue weighted by Gasteiger charge is -2.37. The topological polar surface area (TPSA) is 70.4 Å². The number of piperidine rings is 1. The Morgan fingerprint density at radius 3 is 2.52 bits per heavy atom. The van der Waals surface area contributed by atoms with Crippen molar-refractivity contribution in [3.8, 4) is 16.9 Å². The molecule has 3 aromatic rings. The van der Waals surface area contributed by atoms with Crippen LogP contribution < -0.4 is 5.32 Å². The highest BCUT2D eigenvalue weighted by molar-refractivity contribution is 6.00. The van der Waals surface area contributed by atoms with Gasteiger partial charge in [-0.1, -0.05) is 42.0 Å². The number of aromatic nitrogens is 2. The number of amides is 1. The van der Waals surface area contributed by atoms with Crippen LogP contribution in [-0.2, 0) is 0 Å². The van der Waals surface area contributed by atoms with Crippen LogP contribution in [0, 0.1) is 6.92 Å². The summed E-state index contributed by atoms with van der Waals surface area (Å²) < 4.78 is 1.79. The van der Waals surface area contributed by atoms with Gasteiger partial charge in [-0.15, -0.1) is 0 Å². The molecule has 0 spiro atoms. The second kappa shape index (κ2) is 9.49. The van der Waals surface area contributed by atoms with Gasteiger partial charge in [0.25, 0.3) is 5.91 Å². The molecule has 172 valence electrons. The highest BCUT2D eigenvalue weighted by Gasteiger charge is 2.33. The molecule has 1 saturated heterocycles. The molecule has 2 fully saturated rings. The van der Waals surface area contributed by atoms with Crippen molar-refractivity contribution < 1.29 is 9.90 Å². The fourth-order valence-electron chi connectivity index (χ4n) is 5.24. The molecule has 1 aliphatic heterocycles.